The van der Waals surface area contributed by atoms with Crippen molar-refractivity contribution in [2.24, 2.45) is 0 Å². The lowest BCUT2D eigenvalue weighted by atomic mass is 10.2. The van der Waals surface area contributed by atoms with Gasteiger partial charge in [0.25, 0.3) is 0 Å². The maximum atomic E-state index is 13.2. The van der Waals surface area contributed by atoms with E-state index in [-0.39, 0.29) is 13.1 Å². The molecule has 0 atom stereocenters. The predicted octanol–water partition coefficient (Wildman–Crippen LogP) is 2.83. The molecule has 5 nitrogen and oxygen atoms in total. The van der Waals surface area contributed by atoms with Crippen LogP contribution in [0.25, 0.3) is 0 Å². The van der Waals surface area contributed by atoms with E-state index in [1.54, 1.807) is 0 Å². The number of halogens is 4. The summed E-state index contributed by atoms with van der Waals surface area (Å²) in [5.74, 6) is -1.51. The van der Waals surface area contributed by atoms with Gasteiger partial charge in [0.15, 0.2) is 0 Å². The molecule has 2 heterocycles. The van der Waals surface area contributed by atoms with Crippen LogP contribution in [0.15, 0.2) is 42.6 Å². The third-order valence-electron chi connectivity index (χ3n) is 3.80. The number of nitrogens with zero attached hydrogens (tertiary/aromatic N) is 2. The molecule has 3 rings (SSSR count). The Morgan fingerprint density at radius 1 is 1.19 bits per heavy atom. The van der Waals surface area contributed by atoms with Crippen LogP contribution in [0.1, 0.15) is 11.1 Å². The van der Waals surface area contributed by atoms with Crippen LogP contribution in [-0.4, -0.2) is 36.9 Å². The van der Waals surface area contributed by atoms with E-state index in [9.17, 15) is 26.0 Å². The fourth-order valence-corrected chi connectivity index (χ4v) is 4.06. The molecule has 26 heavy (non-hydrogen) atoms. The number of aromatic nitrogens is 1. The molecule has 10 heteroatoms. The minimum Gasteiger partial charge on any atom is -0.471 e. The van der Waals surface area contributed by atoms with Crippen LogP contribution in [0.4, 0.5) is 17.6 Å². The molecule has 1 aromatic heterocycles. The zero-order valence-electron chi connectivity index (χ0n) is 13.3. The number of pyridine rings is 1. The Morgan fingerprint density at radius 3 is 2.58 bits per heavy atom. The average Bonchev–Trinajstić information content (AvgIpc) is 2.49. The van der Waals surface area contributed by atoms with Gasteiger partial charge in [-0.3, -0.25) is 0 Å². The molecule has 0 aliphatic carbocycles. The largest absolute Gasteiger partial charge is 0.471 e. The van der Waals surface area contributed by atoms with Gasteiger partial charge in [-0.2, -0.15) is 17.5 Å². The second-order valence-corrected chi connectivity index (χ2v) is 7.77. The van der Waals surface area contributed by atoms with Crippen LogP contribution in [0.5, 0.6) is 5.88 Å². The summed E-state index contributed by atoms with van der Waals surface area (Å²) in [5, 5.41) is 0. The first-order valence-corrected chi connectivity index (χ1v) is 9.17. The molecule has 0 amide bonds. The summed E-state index contributed by atoms with van der Waals surface area (Å²) in [6.07, 6.45) is -4.17. The molecule has 140 valence electrons. The molecule has 1 aliphatic heterocycles. The van der Waals surface area contributed by atoms with Crippen molar-refractivity contribution in [3.63, 3.8) is 0 Å². The maximum Gasteiger partial charge on any atom is 0.421 e. The topological polar surface area (TPSA) is 59.5 Å². The van der Waals surface area contributed by atoms with Crippen molar-refractivity contribution in [2.45, 2.75) is 18.0 Å². The minimum atomic E-state index is -4.61. The zero-order chi connectivity index (χ0) is 18.9. The Morgan fingerprint density at radius 2 is 1.92 bits per heavy atom. The van der Waals surface area contributed by atoms with Crippen LogP contribution >= 0.6 is 0 Å². The van der Waals surface area contributed by atoms with E-state index in [1.165, 1.54) is 24.4 Å². The van der Waals surface area contributed by atoms with E-state index >= 15 is 0 Å². The van der Waals surface area contributed by atoms with E-state index in [4.69, 9.17) is 4.74 Å². The van der Waals surface area contributed by atoms with Gasteiger partial charge in [0.1, 0.15) is 17.5 Å². The highest BCUT2D eigenvalue weighted by Crippen LogP contribution is 2.35. The molecule has 1 fully saturated rings. The summed E-state index contributed by atoms with van der Waals surface area (Å²) in [6, 6.07) is 7.20. The smallest absolute Gasteiger partial charge is 0.421 e. The summed E-state index contributed by atoms with van der Waals surface area (Å²) in [5.41, 5.74) is -0.723. The summed E-state index contributed by atoms with van der Waals surface area (Å²) in [6.45, 7) is -0.183. The van der Waals surface area contributed by atoms with E-state index in [1.807, 2.05) is 0 Å². The molecule has 0 radical (unpaired) electrons. The van der Waals surface area contributed by atoms with Gasteiger partial charge in [-0.25, -0.2) is 17.8 Å². The Labute approximate surface area is 147 Å². The van der Waals surface area contributed by atoms with Crippen LogP contribution in [0.2, 0.25) is 0 Å². The van der Waals surface area contributed by atoms with Gasteiger partial charge in [-0.15, -0.1) is 0 Å². The standard InChI is InChI=1S/C16H14F4N2O3S/c17-12-4-1-3-11(7-12)10-26(23,24)22-8-13(9-22)25-15-14(16(18,19)20)5-2-6-21-15/h1-7,13H,8-10H2. The van der Waals surface area contributed by atoms with Gasteiger partial charge in [-0.1, -0.05) is 12.1 Å². The van der Waals surface area contributed by atoms with Crippen LogP contribution < -0.4 is 4.74 Å². The van der Waals surface area contributed by atoms with Gasteiger partial charge in [0.2, 0.25) is 15.9 Å². The van der Waals surface area contributed by atoms with Gasteiger partial charge in [0, 0.05) is 6.20 Å². The first-order chi connectivity index (χ1) is 12.1. The molecular formula is C16H14F4N2O3S. The Balaban J connectivity index is 1.63. The monoisotopic (exact) mass is 390 g/mol. The van der Waals surface area contributed by atoms with Crippen molar-refractivity contribution in [3.8, 4) is 5.88 Å². The fourth-order valence-electron chi connectivity index (χ4n) is 2.49. The molecule has 1 aromatic carbocycles. The summed E-state index contributed by atoms with van der Waals surface area (Å²) in [7, 11) is -3.71. The first-order valence-electron chi connectivity index (χ1n) is 7.56. The zero-order valence-corrected chi connectivity index (χ0v) is 14.1. The van der Waals surface area contributed by atoms with Crippen molar-refractivity contribution in [2.75, 3.05) is 13.1 Å². The average molecular weight is 390 g/mol. The van der Waals surface area contributed by atoms with Crippen molar-refractivity contribution in [1.82, 2.24) is 9.29 Å². The Kier molecular flexibility index (Phi) is 4.89. The molecule has 1 saturated heterocycles. The molecular weight excluding hydrogens is 376 g/mol. The second kappa shape index (κ2) is 6.84. The first kappa shape index (κ1) is 18.6. The quantitative estimate of drug-likeness (QED) is 0.737. The van der Waals surface area contributed by atoms with E-state index in [0.717, 1.165) is 22.5 Å². The molecule has 0 unspecified atom stereocenters. The normalized spacial score (nSPS) is 16.3. The van der Waals surface area contributed by atoms with Gasteiger partial charge in [0.05, 0.1) is 18.8 Å². The summed E-state index contributed by atoms with van der Waals surface area (Å²) in [4.78, 5) is 3.58. The molecule has 0 N–H and O–H groups in total. The third kappa shape index (κ3) is 4.13. The van der Waals surface area contributed by atoms with E-state index in [0.29, 0.717) is 5.56 Å². The number of rotatable bonds is 5. The Hall–Kier alpha value is -2.20. The van der Waals surface area contributed by atoms with Crippen molar-refractivity contribution >= 4 is 10.0 Å². The van der Waals surface area contributed by atoms with Gasteiger partial charge >= 0.3 is 6.18 Å². The number of hydrogen-bond acceptors (Lipinski definition) is 4. The number of benzene rings is 1. The van der Waals surface area contributed by atoms with Gasteiger partial charge < -0.3 is 4.74 Å². The Bertz CT molecular complexity index is 896. The lowest BCUT2D eigenvalue weighted by molar-refractivity contribution is -0.140. The highest BCUT2D eigenvalue weighted by molar-refractivity contribution is 7.88. The number of ether oxygens (including phenoxy) is 1. The highest BCUT2D eigenvalue weighted by Gasteiger charge is 2.40. The van der Waals surface area contributed by atoms with Gasteiger partial charge in [-0.05, 0) is 29.8 Å². The molecule has 1 aliphatic rings. The number of sulfonamides is 1. The molecule has 0 bridgehead atoms. The molecule has 2 aromatic rings. The minimum absolute atomic E-state index is 0.0917. The van der Waals surface area contributed by atoms with Crippen molar-refractivity contribution in [1.29, 1.82) is 0 Å². The van der Waals surface area contributed by atoms with Crippen LogP contribution in [0, 0.1) is 5.82 Å². The number of hydrogen-bond donors (Lipinski definition) is 0. The van der Waals surface area contributed by atoms with Crippen molar-refractivity contribution in [3.05, 3.63) is 59.5 Å². The van der Waals surface area contributed by atoms with E-state index < -0.39 is 45.3 Å². The third-order valence-corrected chi connectivity index (χ3v) is 5.58. The molecule has 0 saturated carbocycles. The lowest BCUT2D eigenvalue weighted by Gasteiger charge is -2.37. The van der Waals surface area contributed by atoms with Crippen molar-refractivity contribution < 1.29 is 30.7 Å². The second-order valence-electron chi connectivity index (χ2n) is 5.80. The fraction of sp³-hybridized carbons (Fsp3) is 0.312. The predicted molar refractivity (Wildman–Crippen MR) is 84.3 cm³/mol. The SMILES string of the molecule is O=S(=O)(Cc1cccc(F)c1)N1CC(Oc2ncccc2C(F)(F)F)C1. The maximum absolute atomic E-state index is 13.2. The highest BCUT2D eigenvalue weighted by atomic mass is 32.2. The summed E-state index contributed by atoms with van der Waals surface area (Å²) >= 11 is 0. The molecule has 0 spiro atoms. The van der Waals surface area contributed by atoms with E-state index in [2.05, 4.69) is 4.98 Å². The number of alkyl halides is 3. The van der Waals surface area contributed by atoms with Crippen LogP contribution in [0.3, 0.4) is 0 Å². The lowest BCUT2D eigenvalue weighted by Crippen LogP contribution is -2.56. The summed E-state index contributed by atoms with van der Waals surface area (Å²) < 4.78 is 82.7. The van der Waals surface area contributed by atoms with Crippen LogP contribution in [-0.2, 0) is 22.0 Å².